The fourth-order valence-electron chi connectivity index (χ4n) is 5.46. The van der Waals surface area contributed by atoms with Crippen molar-refractivity contribution in [2.24, 2.45) is 7.05 Å². The van der Waals surface area contributed by atoms with Gasteiger partial charge in [-0.3, -0.25) is 19.7 Å². The molecule has 0 aliphatic carbocycles. The summed E-state index contributed by atoms with van der Waals surface area (Å²) in [6, 6.07) is 15.4. The van der Waals surface area contributed by atoms with E-state index in [9.17, 15) is 14.4 Å². The number of nitrogens with zero attached hydrogens (tertiary/aromatic N) is 3. The summed E-state index contributed by atoms with van der Waals surface area (Å²) in [5.74, 6) is 0.215. The number of aromatic nitrogens is 2. The van der Waals surface area contributed by atoms with Crippen LogP contribution in [0.25, 0.3) is 22.6 Å². The predicted molar refractivity (Wildman–Crippen MR) is 128 cm³/mol. The van der Waals surface area contributed by atoms with Gasteiger partial charge >= 0.3 is 0 Å². The second kappa shape index (κ2) is 8.46. The Balaban J connectivity index is 1.37. The van der Waals surface area contributed by atoms with E-state index in [2.05, 4.69) is 22.0 Å². The first-order chi connectivity index (χ1) is 17.0. The summed E-state index contributed by atoms with van der Waals surface area (Å²) >= 11 is 0. The van der Waals surface area contributed by atoms with E-state index in [0.29, 0.717) is 25.1 Å². The summed E-state index contributed by atoms with van der Waals surface area (Å²) in [6.45, 7) is 1.74. The maximum absolute atomic E-state index is 13.1. The summed E-state index contributed by atoms with van der Waals surface area (Å²) < 4.78 is 7.79. The van der Waals surface area contributed by atoms with Gasteiger partial charge in [-0.2, -0.15) is 0 Å². The molecule has 2 fully saturated rings. The number of benzene rings is 2. The number of fused-ring (bicyclic) bond motifs is 1. The van der Waals surface area contributed by atoms with Gasteiger partial charge < -0.3 is 14.2 Å². The minimum Gasteiger partial charge on any atom is -0.381 e. The quantitative estimate of drug-likeness (QED) is 0.592. The molecule has 178 valence electrons. The number of carbonyl (C=O) groups excluding carboxylic acids is 3. The minimum absolute atomic E-state index is 0.172. The maximum atomic E-state index is 13.1. The van der Waals surface area contributed by atoms with Crippen LogP contribution in [0, 0.1) is 0 Å². The lowest BCUT2D eigenvalue weighted by Crippen LogP contribution is -2.52. The molecule has 4 heterocycles. The van der Waals surface area contributed by atoms with Crippen LogP contribution in [0.15, 0.2) is 48.5 Å². The molecule has 0 radical (unpaired) electrons. The van der Waals surface area contributed by atoms with E-state index in [1.807, 2.05) is 43.4 Å². The Morgan fingerprint density at radius 3 is 2.60 bits per heavy atom. The number of ether oxygens (including phenoxy) is 1. The molecule has 3 aliphatic heterocycles. The monoisotopic (exact) mass is 470 g/mol. The van der Waals surface area contributed by atoms with Gasteiger partial charge in [0.2, 0.25) is 11.8 Å². The van der Waals surface area contributed by atoms with Crippen molar-refractivity contribution in [3.8, 4) is 22.6 Å². The first-order valence-electron chi connectivity index (χ1n) is 12.0. The number of imide groups is 1. The lowest BCUT2D eigenvalue weighted by molar-refractivity contribution is -0.136. The standard InChI is InChI=1S/C27H26N4O4/c1-30-24(16-5-3-2-4-6-16)23(18-11-12-35-15-18)29-25(30)17-7-8-20-19(13-17)14-31(27(20)34)21-9-10-22(32)28-26(21)33/h2-8,13,18,21H,9-12,14-15H2,1H3,(H,28,32,33). The minimum atomic E-state index is -0.622. The molecule has 6 rings (SSSR count). The molecule has 2 aromatic carbocycles. The SMILES string of the molecule is Cn1c(-c2ccc3c(c2)CN(C2CCC(=O)NC2=O)C3=O)nc(C2CCOC2)c1-c1ccccc1. The van der Waals surface area contributed by atoms with E-state index >= 15 is 0 Å². The predicted octanol–water partition coefficient (Wildman–Crippen LogP) is 3.02. The maximum Gasteiger partial charge on any atom is 0.255 e. The summed E-state index contributed by atoms with van der Waals surface area (Å²) in [7, 11) is 2.03. The van der Waals surface area contributed by atoms with Crippen molar-refractivity contribution in [2.45, 2.75) is 37.8 Å². The molecule has 0 saturated carbocycles. The molecule has 3 aromatic rings. The normalized spacial score (nSPS) is 22.0. The highest BCUT2D eigenvalue weighted by atomic mass is 16.5. The van der Waals surface area contributed by atoms with Crippen LogP contribution in [0.5, 0.6) is 0 Å². The molecule has 1 N–H and O–H groups in total. The first kappa shape index (κ1) is 21.7. The van der Waals surface area contributed by atoms with E-state index in [0.717, 1.165) is 46.9 Å². The van der Waals surface area contributed by atoms with Crippen LogP contribution in [0.2, 0.25) is 0 Å². The highest BCUT2D eigenvalue weighted by Crippen LogP contribution is 2.38. The summed E-state index contributed by atoms with van der Waals surface area (Å²) in [5.41, 5.74) is 5.61. The third-order valence-corrected chi connectivity index (χ3v) is 7.27. The van der Waals surface area contributed by atoms with Gasteiger partial charge in [0.15, 0.2) is 0 Å². The van der Waals surface area contributed by atoms with E-state index in [1.54, 1.807) is 4.90 Å². The average Bonchev–Trinajstić information content (AvgIpc) is 3.58. The Labute approximate surface area is 202 Å². The number of hydrogen-bond donors (Lipinski definition) is 1. The van der Waals surface area contributed by atoms with E-state index in [4.69, 9.17) is 9.72 Å². The van der Waals surface area contributed by atoms with Gasteiger partial charge in [-0.1, -0.05) is 36.4 Å². The molecule has 8 heteroatoms. The zero-order valence-corrected chi connectivity index (χ0v) is 19.5. The molecule has 0 spiro atoms. The second-order valence-electron chi connectivity index (χ2n) is 9.43. The van der Waals surface area contributed by atoms with Crippen LogP contribution >= 0.6 is 0 Å². The highest BCUT2D eigenvalue weighted by Gasteiger charge is 2.39. The second-order valence-corrected chi connectivity index (χ2v) is 9.43. The molecule has 2 unspecified atom stereocenters. The van der Waals surface area contributed by atoms with Crippen LogP contribution in [0.3, 0.4) is 0 Å². The fourth-order valence-corrected chi connectivity index (χ4v) is 5.46. The molecular formula is C27H26N4O4. The fraction of sp³-hybridized carbons (Fsp3) is 0.333. The van der Waals surface area contributed by atoms with Crippen molar-refractivity contribution in [3.05, 3.63) is 65.4 Å². The molecule has 0 bridgehead atoms. The number of piperidine rings is 1. The van der Waals surface area contributed by atoms with E-state index < -0.39 is 11.9 Å². The average molecular weight is 471 g/mol. The van der Waals surface area contributed by atoms with Crippen LogP contribution in [0.4, 0.5) is 0 Å². The number of hydrogen-bond acceptors (Lipinski definition) is 5. The number of rotatable bonds is 4. The number of imidazole rings is 1. The van der Waals surface area contributed by atoms with E-state index in [-0.39, 0.29) is 24.2 Å². The van der Waals surface area contributed by atoms with Crippen molar-refractivity contribution in [2.75, 3.05) is 13.2 Å². The molecule has 2 saturated heterocycles. The van der Waals surface area contributed by atoms with Crippen molar-refractivity contribution in [1.82, 2.24) is 19.8 Å². The van der Waals surface area contributed by atoms with Crippen LogP contribution in [-0.4, -0.2) is 51.4 Å². The zero-order chi connectivity index (χ0) is 24.1. The molecule has 2 atom stereocenters. The summed E-state index contributed by atoms with van der Waals surface area (Å²) in [4.78, 5) is 43.7. The van der Waals surface area contributed by atoms with Crippen LogP contribution in [0.1, 0.15) is 46.8 Å². The third kappa shape index (κ3) is 3.65. The van der Waals surface area contributed by atoms with Crippen molar-refractivity contribution >= 4 is 17.7 Å². The molecule has 35 heavy (non-hydrogen) atoms. The summed E-state index contributed by atoms with van der Waals surface area (Å²) in [5, 5.41) is 2.35. The first-order valence-corrected chi connectivity index (χ1v) is 12.0. The lowest BCUT2D eigenvalue weighted by Gasteiger charge is -2.29. The Morgan fingerprint density at radius 2 is 1.86 bits per heavy atom. The Hall–Kier alpha value is -3.78. The largest absolute Gasteiger partial charge is 0.381 e. The topological polar surface area (TPSA) is 93.5 Å². The molecule has 8 nitrogen and oxygen atoms in total. The Morgan fingerprint density at radius 1 is 1.03 bits per heavy atom. The zero-order valence-electron chi connectivity index (χ0n) is 19.5. The molecule has 1 aromatic heterocycles. The molecule has 3 amide bonds. The molecule has 3 aliphatic rings. The van der Waals surface area contributed by atoms with Gasteiger partial charge in [0, 0.05) is 49.2 Å². The van der Waals surface area contributed by atoms with Gasteiger partial charge in [0.1, 0.15) is 11.9 Å². The Bertz CT molecular complexity index is 1340. The lowest BCUT2D eigenvalue weighted by atomic mass is 9.99. The Kier molecular flexibility index (Phi) is 5.25. The number of amides is 3. The van der Waals surface area contributed by atoms with Gasteiger partial charge in [-0.25, -0.2) is 4.98 Å². The van der Waals surface area contributed by atoms with Crippen molar-refractivity contribution in [3.63, 3.8) is 0 Å². The van der Waals surface area contributed by atoms with Crippen LogP contribution in [-0.2, 0) is 27.9 Å². The van der Waals surface area contributed by atoms with Gasteiger partial charge in [-0.05, 0) is 30.5 Å². The smallest absolute Gasteiger partial charge is 0.255 e. The third-order valence-electron chi connectivity index (χ3n) is 7.27. The number of nitrogens with one attached hydrogen (secondary N) is 1. The van der Waals surface area contributed by atoms with Gasteiger partial charge in [0.05, 0.1) is 18.0 Å². The van der Waals surface area contributed by atoms with Gasteiger partial charge in [0.25, 0.3) is 5.91 Å². The van der Waals surface area contributed by atoms with E-state index in [1.165, 1.54) is 0 Å². The van der Waals surface area contributed by atoms with Crippen molar-refractivity contribution < 1.29 is 19.1 Å². The summed E-state index contributed by atoms with van der Waals surface area (Å²) in [6.07, 6.45) is 1.53. The highest BCUT2D eigenvalue weighted by molar-refractivity contribution is 6.05. The molecular weight excluding hydrogens is 444 g/mol. The van der Waals surface area contributed by atoms with Crippen molar-refractivity contribution in [1.29, 1.82) is 0 Å². The number of carbonyl (C=O) groups is 3. The van der Waals surface area contributed by atoms with Crippen LogP contribution < -0.4 is 5.32 Å². The van der Waals surface area contributed by atoms with Gasteiger partial charge in [-0.15, -0.1) is 0 Å².